The third-order valence-corrected chi connectivity index (χ3v) is 4.82. The molecule has 2 unspecified atom stereocenters. The third-order valence-electron chi connectivity index (χ3n) is 4.33. The van der Waals surface area contributed by atoms with Gasteiger partial charge in [0.2, 0.25) is 0 Å². The Morgan fingerprint density at radius 2 is 2.26 bits per heavy atom. The second-order valence-electron chi connectivity index (χ2n) is 5.58. The number of nitrogens with zero attached hydrogens (tertiary/aromatic N) is 1. The van der Waals surface area contributed by atoms with Crippen LogP contribution in [0.25, 0.3) is 0 Å². The number of rotatable bonds is 4. The fourth-order valence-electron chi connectivity index (χ4n) is 2.93. The molecule has 19 heavy (non-hydrogen) atoms. The molecule has 0 aliphatic carbocycles. The van der Waals surface area contributed by atoms with Crippen LogP contribution in [0.5, 0.6) is 0 Å². The molecule has 106 valence electrons. The molecule has 0 bridgehead atoms. The first-order chi connectivity index (χ1) is 9.15. The smallest absolute Gasteiger partial charge is 0.0415 e. The summed E-state index contributed by atoms with van der Waals surface area (Å²) in [5, 5.41) is 3.37. The van der Waals surface area contributed by atoms with Gasteiger partial charge < -0.3 is 10.2 Å². The Bertz CT molecular complexity index is 419. The molecule has 0 aromatic heterocycles. The van der Waals surface area contributed by atoms with Crippen molar-refractivity contribution >= 4 is 21.6 Å². The van der Waals surface area contributed by atoms with Crippen LogP contribution in [0.4, 0.5) is 5.69 Å². The van der Waals surface area contributed by atoms with Crippen molar-refractivity contribution in [3.05, 3.63) is 28.2 Å². The third kappa shape index (κ3) is 3.51. The number of halogens is 1. The molecule has 1 heterocycles. The van der Waals surface area contributed by atoms with E-state index in [0.29, 0.717) is 6.04 Å². The zero-order chi connectivity index (χ0) is 13.8. The second-order valence-corrected chi connectivity index (χ2v) is 6.49. The molecule has 1 aliphatic rings. The molecule has 1 N–H and O–H groups in total. The minimum Gasteiger partial charge on any atom is -0.371 e. The average Bonchev–Trinajstić information content (AvgIpc) is 2.46. The van der Waals surface area contributed by atoms with E-state index >= 15 is 0 Å². The molecule has 3 heteroatoms. The van der Waals surface area contributed by atoms with Gasteiger partial charge >= 0.3 is 0 Å². The molecule has 1 aromatic carbocycles. The molecule has 1 fully saturated rings. The van der Waals surface area contributed by atoms with E-state index in [1.54, 1.807) is 0 Å². The van der Waals surface area contributed by atoms with Gasteiger partial charge in [-0.25, -0.2) is 0 Å². The van der Waals surface area contributed by atoms with Gasteiger partial charge in [-0.15, -0.1) is 0 Å². The largest absolute Gasteiger partial charge is 0.371 e. The summed E-state index contributed by atoms with van der Waals surface area (Å²) in [6.07, 6.45) is 4.01. The Kier molecular flexibility index (Phi) is 5.28. The summed E-state index contributed by atoms with van der Waals surface area (Å²) < 4.78 is 1.16. The SMILES string of the molecule is CCC1CCCN(c2ccc(Br)cc2C(C)NC)C1. The maximum Gasteiger partial charge on any atom is 0.0415 e. The van der Waals surface area contributed by atoms with Crippen molar-refractivity contribution in [2.24, 2.45) is 5.92 Å². The first-order valence-electron chi connectivity index (χ1n) is 7.37. The van der Waals surface area contributed by atoms with E-state index < -0.39 is 0 Å². The van der Waals surface area contributed by atoms with E-state index in [4.69, 9.17) is 0 Å². The molecule has 2 atom stereocenters. The molecule has 1 aromatic rings. The van der Waals surface area contributed by atoms with E-state index in [-0.39, 0.29) is 0 Å². The topological polar surface area (TPSA) is 15.3 Å². The van der Waals surface area contributed by atoms with Gasteiger partial charge in [-0.2, -0.15) is 0 Å². The molecule has 1 saturated heterocycles. The summed E-state index contributed by atoms with van der Waals surface area (Å²) >= 11 is 3.60. The molecular weight excluding hydrogens is 300 g/mol. The molecule has 0 saturated carbocycles. The molecule has 0 spiro atoms. The predicted octanol–water partition coefficient (Wildman–Crippen LogP) is 4.36. The molecular formula is C16H25BrN2. The first-order valence-corrected chi connectivity index (χ1v) is 8.16. The highest BCUT2D eigenvalue weighted by atomic mass is 79.9. The highest BCUT2D eigenvalue weighted by Gasteiger charge is 2.21. The maximum atomic E-state index is 3.60. The molecule has 0 radical (unpaired) electrons. The lowest BCUT2D eigenvalue weighted by molar-refractivity contribution is 0.403. The van der Waals surface area contributed by atoms with Gasteiger partial charge in [-0.05, 0) is 56.5 Å². The minimum atomic E-state index is 0.384. The minimum absolute atomic E-state index is 0.384. The van der Waals surface area contributed by atoms with Crippen molar-refractivity contribution in [3.8, 4) is 0 Å². The molecule has 2 rings (SSSR count). The number of anilines is 1. The van der Waals surface area contributed by atoms with Gasteiger partial charge in [-0.3, -0.25) is 0 Å². The maximum absolute atomic E-state index is 3.60. The van der Waals surface area contributed by atoms with Crippen LogP contribution in [0, 0.1) is 5.92 Å². The van der Waals surface area contributed by atoms with E-state index in [1.807, 2.05) is 7.05 Å². The number of piperidine rings is 1. The van der Waals surface area contributed by atoms with Crippen molar-refractivity contribution in [2.75, 3.05) is 25.0 Å². The van der Waals surface area contributed by atoms with E-state index in [2.05, 4.69) is 58.2 Å². The summed E-state index contributed by atoms with van der Waals surface area (Å²) in [6.45, 7) is 6.95. The van der Waals surface area contributed by atoms with Crippen LogP contribution in [-0.4, -0.2) is 20.1 Å². The zero-order valence-electron chi connectivity index (χ0n) is 12.2. The van der Waals surface area contributed by atoms with E-state index in [0.717, 1.165) is 10.4 Å². The summed E-state index contributed by atoms with van der Waals surface area (Å²) in [5.74, 6) is 0.857. The van der Waals surface area contributed by atoms with Gasteiger partial charge in [0.15, 0.2) is 0 Å². The fourth-order valence-corrected chi connectivity index (χ4v) is 3.31. The van der Waals surface area contributed by atoms with Gasteiger partial charge in [0.25, 0.3) is 0 Å². The summed E-state index contributed by atoms with van der Waals surface area (Å²) in [5.41, 5.74) is 2.80. The highest BCUT2D eigenvalue weighted by molar-refractivity contribution is 9.10. The summed E-state index contributed by atoms with van der Waals surface area (Å²) in [4.78, 5) is 2.58. The zero-order valence-corrected chi connectivity index (χ0v) is 13.8. The van der Waals surface area contributed by atoms with Crippen LogP contribution in [0.1, 0.15) is 44.7 Å². The number of benzene rings is 1. The summed E-state index contributed by atoms with van der Waals surface area (Å²) in [7, 11) is 2.03. The van der Waals surface area contributed by atoms with Gasteiger partial charge in [0, 0.05) is 29.3 Å². The van der Waals surface area contributed by atoms with Gasteiger partial charge in [0.05, 0.1) is 0 Å². The normalized spacial score (nSPS) is 21.5. The van der Waals surface area contributed by atoms with Crippen LogP contribution in [0.2, 0.25) is 0 Å². The lowest BCUT2D eigenvalue weighted by Gasteiger charge is -2.36. The van der Waals surface area contributed by atoms with Crippen LogP contribution in [-0.2, 0) is 0 Å². The number of nitrogens with one attached hydrogen (secondary N) is 1. The number of hydrogen-bond donors (Lipinski definition) is 1. The van der Waals surface area contributed by atoms with Crippen LogP contribution in [0.3, 0.4) is 0 Å². The average molecular weight is 325 g/mol. The van der Waals surface area contributed by atoms with Crippen LogP contribution in [0.15, 0.2) is 22.7 Å². The summed E-state index contributed by atoms with van der Waals surface area (Å²) in [6, 6.07) is 7.07. The standard InChI is InChI=1S/C16H25BrN2/c1-4-13-6-5-9-19(11-13)16-8-7-14(17)10-15(16)12(2)18-3/h7-8,10,12-13,18H,4-6,9,11H2,1-3H3. The Morgan fingerprint density at radius 3 is 2.95 bits per heavy atom. The highest BCUT2D eigenvalue weighted by Crippen LogP contribution is 2.32. The fraction of sp³-hybridized carbons (Fsp3) is 0.625. The van der Waals surface area contributed by atoms with Crippen LogP contribution < -0.4 is 10.2 Å². The Balaban J connectivity index is 2.27. The van der Waals surface area contributed by atoms with Crippen molar-refractivity contribution in [2.45, 2.75) is 39.2 Å². The van der Waals surface area contributed by atoms with Gasteiger partial charge in [0.1, 0.15) is 0 Å². The Labute approximate surface area is 125 Å². The Morgan fingerprint density at radius 1 is 1.47 bits per heavy atom. The molecule has 1 aliphatic heterocycles. The number of hydrogen-bond acceptors (Lipinski definition) is 2. The predicted molar refractivity (Wildman–Crippen MR) is 86.8 cm³/mol. The van der Waals surface area contributed by atoms with Crippen LogP contribution >= 0.6 is 15.9 Å². The lowest BCUT2D eigenvalue weighted by atomic mass is 9.94. The Hall–Kier alpha value is -0.540. The monoisotopic (exact) mass is 324 g/mol. The van der Waals surface area contributed by atoms with Crippen molar-refractivity contribution in [3.63, 3.8) is 0 Å². The van der Waals surface area contributed by atoms with E-state index in [9.17, 15) is 0 Å². The lowest BCUT2D eigenvalue weighted by Crippen LogP contribution is -2.36. The van der Waals surface area contributed by atoms with Crippen molar-refractivity contribution in [1.29, 1.82) is 0 Å². The van der Waals surface area contributed by atoms with E-state index in [1.165, 1.54) is 43.6 Å². The quantitative estimate of drug-likeness (QED) is 0.885. The van der Waals surface area contributed by atoms with Crippen molar-refractivity contribution < 1.29 is 0 Å². The van der Waals surface area contributed by atoms with Gasteiger partial charge in [-0.1, -0.05) is 29.3 Å². The second kappa shape index (κ2) is 6.76. The molecule has 0 amide bonds. The first kappa shape index (κ1) is 14.9. The molecule has 2 nitrogen and oxygen atoms in total. The van der Waals surface area contributed by atoms with Crippen molar-refractivity contribution in [1.82, 2.24) is 5.32 Å².